The van der Waals surface area contributed by atoms with Crippen molar-refractivity contribution in [2.24, 2.45) is 0 Å². The number of aromatic nitrogens is 4. The predicted octanol–water partition coefficient (Wildman–Crippen LogP) is 3.25. The van der Waals surface area contributed by atoms with Crippen molar-refractivity contribution in [3.8, 4) is 17.3 Å². The minimum absolute atomic E-state index is 0.297. The maximum absolute atomic E-state index is 10.1. The number of allylic oxidation sites excluding steroid dienone is 1. The van der Waals surface area contributed by atoms with Gasteiger partial charge in [-0.2, -0.15) is 10.4 Å². The number of fused-ring (bicyclic) bond motifs is 1. The summed E-state index contributed by atoms with van der Waals surface area (Å²) in [4.78, 5) is 13.6. The minimum Gasteiger partial charge on any atom is -0.389 e. The SMILES string of the molecule is C=C/C(=C\N(C)CC(C)(C)O)Nc1nc(-c2cnn(C3(CC#N)CN(C)C3)c2)c2sccc2n1. The van der Waals surface area contributed by atoms with Gasteiger partial charge in [0.2, 0.25) is 5.95 Å². The third-order valence-corrected chi connectivity index (χ3v) is 6.56. The number of rotatable bonds is 9. The molecule has 4 heterocycles. The Morgan fingerprint density at radius 2 is 2.21 bits per heavy atom. The monoisotopic (exact) mass is 478 g/mol. The number of likely N-dealkylation sites (N-methyl/N-ethyl adjacent to an activating group) is 2. The van der Waals surface area contributed by atoms with E-state index in [4.69, 9.17) is 4.98 Å². The molecule has 0 unspecified atom stereocenters. The zero-order chi connectivity index (χ0) is 24.5. The Balaban J connectivity index is 1.66. The second-order valence-corrected chi connectivity index (χ2v) is 10.5. The van der Waals surface area contributed by atoms with E-state index in [0.29, 0.717) is 24.6 Å². The third-order valence-electron chi connectivity index (χ3n) is 5.65. The number of nitrogens with zero attached hydrogens (tertiary/aromatic N) is 7. The molecule has 0 radical (unpaired) electrons. The summed E-state index contributed by atoms with van der Waals surface area (Å²) in [5, 5.41) is 29.3. The van der Waals surface area contributed by atoms with Gasteiger partial charge >= 0.3 is 0 Å². The average Bonchev–Trinajstić information content (AvgIpc) is 3.40. The zero-order valence-corrected chi connectivity index (χ0v) is 20.8. The van der Waals surface area contributed by atoms with Gasteiger partial charge in [-0.1, -0.05) is 6.58 Å². The Morgan fingerprint density at radius 3 is 2.85 bits per heavy atom. The molecule has 178 valence electrons. The van der Waals surface area contributed by atoms with E-state index in [1.54, 1.807) is 31.3 Å². The van der Waals surface area contributed by atoms with Crippen LogP contribution in [0.1, 0.15) is 20.3 Å². The zero-order valence-electron chi connectivity index (χ0n) is 20.0. The van der Waals surface area contributed by atoms with Crippen LogP contribution >= 0.6 is 11.3 Å². The van der Waals surface area contributed by atoms with Crippen LogP contribution in [0.25, 0.3) is 21.5 Å². The van der Waals surface area contributed by atoms with Gasteiger partial charge in [0.25, 0.3) is 0 Å². The normalized spacial score (nSPS) is 16.2. The van der Waals surface area contributed by atoms with Crippen LogP contribution in [0.5, 0.6) is 0 Å². The van der Waals surface area contributed by atoms with Crippen molar-refractivity contribution in [3.05, 3.63) is 48.4 Å². The molecule has 10 heteroatoms. The molecule has 3 aromatic rings. The van der Waals surface area contributed by atoms with Gasteiger partial charge in [0.1, 0.15) is 5.54 Å². The topological polar surface area (TPSA) is 106 Å². The Labute approximate surface area is 203 Å². The van der Waals surface area contributed by atoms with Crippen molar-refractivity contribution in [2.75, 3.05) is 39.0 Å². The van der Waals surface area contributed by atoms with E-state index in [9.17, 15) is 10.4 Å². The molecule has 0 saturated carbocycles. The van der Waals surface area contributed by atoms with E-state index in [-0.39, 0.29) is 5.54 Å². The smallest absolute Gasteiger partial charge is 0.228 e. The van der Waals surface area contributed by atoms with E-state index in [1.165, 1.54) is 0 Å². The molecule has 1 saturated heterocycles. The Bertz CT molecular complexity index is 1260. The van der Waals surface area contributed by atoms with Gasteiger partial charge in [0.15, 0.2) is 0 Å². The van der Waals surface area contributed by atoms with Crippen LogP contribution in [0.4, 0.5) is 5.95 Å². The number of hydrogen-bond donors (Lipinski definition) is 2. The highest BCUT2D eigenvalue weighted by molar-refractivity contribution is 7.17. The summed E-state index contributed by atoms with van der Waals surface area (Å²) in [6, 6.07) is 4.28. The van der Waals surface area contributed by atoms with Crippen molar-refractivity contribution in [1.82, 2.24) is 29.5 Å². The fourth-order valence-electron chi connectivity index (χ4n) is 4.42. The van der Waals surface area contributed by atoms with Crippen molar-refractivity contribution in [3.63, 3.8) is 0 Å². The van der Waals surface area contributed by atoms with Gasteiger partial charge in [0, 0.05) is 44.6 Å². The molecule has 0 bridgehead atoms. The second-order valence-electron chi connectivity index (χ2n) is 9.58. The van der Waals surface area contributed by atoms with Crippen LogP contribution in [0.15, 0.2) is 48.4 Å². The first-order chi connectivity index (χ1) is 16.1. The molecule has 4 rings (SSSR count). The van der Waals surface area contributed by atoms with Gasteiger partial charge in [-0.25, -0.2) is 9.97 Å². The predicted molar refractivity (Wildman–Crippen MR) is 135 cm³/mol. The molecule has 1 aliphatic rings. The van der Waals surface area contributed by atoms with E-state index < -0.39 is 5.60 Å². The molecule has 1 fully saturated rings. The van der Waals surface area contributed by atoms with Crippen LogP contribution in [-0.2, 0) is 5.54 Å². The van der Waals surface area contributed by atoms with Crippen LogP contribution in [0, 0.1) is 11.3 Å². The second kappa shape index (κ2) is 9.18. The lowest BCUT2D eigenvalue weighted by molar-refractivity contribution is 0.0265. The quantitative estimate of drug-likeness (QED) is 0.452. The summed E-state index contributed by atoms with van der Waals surface area (Å²) in [5.41, 5.74) is 2.11. The maximum atomic E-state index is 10.1. The summed E-state index contributed by atoms with van der Waals surface area (Å²) >= 11 is 1.59. The van der Waals surface area contributed by atoms with E-state index in [0.717, 1.165) is 34.6 Å². The van der Waals surface area contributed by atoms with Crippen molar-refractivity contribution in [1.29, 1.82) is 5.26 Å². The Hall–Kier alpha value is -3.26. The number of thiophene rings is 1. The van der Waals surface area contributed by atoms with Crippen molar-refractivity contribution >= 4 is 27.5 Å². The molecule has 3 aromatic heterocycles. The largest absolute Gasteiger partial charge is 0.389 e. The molecule has 0 amide bonds. The van der Waals surface area contributed by atoms with Gasteiger partial charge in [-0.05, 0) is 38.4 Å². The van der Waals surface area contributed by atoms with E-state index in [1.807, 2.05) is 53.7 Å². The Morgan fingerprint density at radius 1 is 1.44 bits per heavy atom. The van der Waals surface area contributed by atoms with Crippen LogP contribution in [0.3, 0.4) is 0 Å². The highest BCUT2D eigenvalue weighted by Gasteiger charge is 2.43. The molecule has 34 heavy (non-hydrogen) atoms. The summed E-state index contributed by atoms with van der Waals surface area (Å²) < 4.78 is 2.90. The first kappa shape index (κ1) is 23.9. The molecule has 2 N–H and O–H groups in total. The fraction of sp³-hybridized carbons (Fsp3) is 0.417. The van der Waals surface area contributed by atoms with E-state index >= 15 is 0 Å². The standard InChI is InChI=1S/C24H30N8OS/c1-6-18(13-30(4)14-23(2,3)33)27-22-28-19-7-10-34-21(19)20(29-22)17-11-26-32(12-17)24(8-9-25)15-31(5)16-24/h6-7,10-13,33H,1,8,14-16H2,2-5H3,(H,27,28,29)/b18-13+. The lowest BCUT2D eigenvalue weighted by Gasteiger charge is -2.47. The summed E-state index contributed by atoms with van der Waals surface area (Å²) in [7, 11) is 3.93. The molecule has 0 aromatic carbocycles. The first-order valence-electron chi connectivity index (χ1n) is 11.0. The summed E-state index contributed by atoms with van der Waals surface area (Å²) in [6.07, 6.45) is 7.76. The molecule has 0 aliphatic carbocycles. The molecular formula is C24H30N8OS. The van der Waals surface area contributed by atoms with Crippen molar-refractivity contribution < 1.29 is 5.11 Å². The van der Waals surface area contributed by atoms with Gasteiger partial charge < -0.3 is 20.2 Å². The highest BCUT2D eigenvalue weighted by Crippen LogP contribution is 2.35. The number of likely N-dealkylation sites (tertiary alicyclic amines) is 1. The summed E-state index contributed by atoms with van der Waals surface area (Å²) in [5.74, 6) is 0.451. The van der Waals surface area contributed by atoms with Crippen LogP contribution in [0.2, 0.25) is 0 Å². The van der Waals surface area contributed by atoms with Crippen molar-refractivity contribution in [2.45, 2.75) is 31.4 Å². The Kier molecular flexibility index (Phi) is 6.45. The molecule has 0 spiro atoms. The van der Waals surface area contributed by atoms with Gasteiger partial charge in [0.05, 0.1) is 45.9 Å². The summed E-state index contributed by atoms with van der Waals surface area (Å²) in [6.45, 7) is 9.46. The fourth-order valence-corrected chi connectivity index (χ4v) is 5.26. The molecule has 0 atom stereocenters. The lowest BCUT2D eigenvalue weighted by Crippen LogP contribution is -2.61. The number of hydrogen-bond acceptors (Lipinski definition) is 9. The van der Waals surface area contributed by atoms with Crippen LogP contribution in [-0.4, -0.2) is 74.0 Å². The van der Waals surface area contributed by atoms with Gasteiger partial charge in [-0.15, -0.1) is 11.3 Å². The maximum Gasteiger partial charge on any atom is 0.228 e. The number of nitriles is 1. The number of aliphatic hydroxyl groups is 1. The van der Waals surface area contributed by atoms with Crippen LogP contribution < -0.4 is 5.32 Å². The van der Waals surface area contributed by atoms with E-state index in [2.05, 4.69) is 32.9 Å². The first-order valence-corrected chi connectivity index (χ1v) is 11.9. The molecule has 9 nitrogen and oxygen atoms in total. The molecular weight excluding hydrogens is 448 g/mol. The minimum atomic E-state index is -0.824. The average molecular weight is 479 g/mol. The lowest BCUT2D eigenvalue weighted by atomic mass is 9.87. The highest BCUT2D eigenvalue weighted by atomic mass is 32.1. The number of anilines is 1. The van der Waals surface area contributed by atoms with Gasteiger partial charge in [-0.3, -0.25) is 4.68 Å². The number of nitrogens with one attached hydrogen (secondary N) is 1. The third kappa shape index (κ3) is 4.97. The molecule has 1 aliphatic heterocycles.